The van der Waals surface area contributed by atoms with Crippen molar-refractivity contribution in [3.63, 3.8) is 0 Å². The third-order valence-electron chi connectivity index (χ3n) is 13.6. The fraction of sp³-hybridized carbons (Fsp3) is 0.447. The van der Waals surface area contributed by atoms with Crippen molar-refractivity contribution in [2.75, 3.05) is 46.9 Å². The Labute approximate surface area is 343 Å². The third-order valence-corrected chi connectivity index (χ3v) is 13.6. The van der Waals surface area contributed by atoms with Crippen molar-refractivity contribution in [1.82, 2.24) is 20.0 Å². The lowest BCUT2D eigenvalue weighted by Crippen LogP contribution is -2.54. The first-order chi connectivity index (χ1) is 28.5. The molecule has 0 aromatic heterocycles. The molecule has 4 aliphatic heterocycles. The highest BCUT2D eigenvalue weighted by Gasteiger charge is 2.48. The summed E-state index contributed by atoms with van der Waals surface area (Å²) in [5.74, 6) is 0.522. The van der Waals surface area contributed by atoms with Gasteiger partial charge in [-0.3, -0.25) is 34.3 Å². The number of ether oxygens (including phenoxy) is 3. The molecule has 59 heavy (non-hydrogen) atoms. The predicted molar refractivity (Wildman–Crippen MR) is 220 cm³/mol. The van der Waals surface area contributed by atoms with Crippen LogP contribution in [0.1, 0.15) is 83.2 Å². The molecule has 9 rings (SSSR count). The second kappa shape index (κ2) is 15.7. The molecule has 1 aliphatic carbocycles. The second-order valence-electron chi connectivity index (χ2n) is 17.3. The number of likely N-dealkylation sites (tertiary alicyclic amines) is 2. The van der Waals surface area contributed by atoms with Gasteiger partial charge in [0.05, 0.1) is 37.0 Å². The number of hydrogen-bond acceptors (Lipinski definition) is 9. The molecule has 3 saturated heterocycles. The Bertz CT molecular complexity index is 2320. The molecule has 1 saturated carbocycles. The number of carbonyl (C=O) groups excluding carboxylic acids is 4. The molecule has 5 aliphatic rings. The Kier molecular flexibility index (Phi) is 10.4. The van der Waals surface area contributed by atoms with Crippen LogP contribution >= 0.6 is 0 Å². The van der Waals surface area contributed by atoms with Crippen molar-refractivity contribution in [3.05, 3.63) is 88.7 Å². The summed E-state index contributed by atoms with van der Waals surface area (Å²) in [6.45, 7) is 7.85. The SMILES string of the molecule is COc1cc(-c2cc(C)c(F)c3ccccc23)cc(OC)c1CN1CCC(CN2CCC3(CC2)CC(Oc2ccc4c(c2)C(=O)N(C2CCC(=O)NC2=O)C4=O)C3)CC1. The van der Waals surface area contributed by atoms with E-state index >= 15 is 4.39 Å². The summed E-state index contributed by atoms with van der Waals surface area (Å²) in [5, 5.41) is 3.70. The molecule has 4 heterocycles. The molecular weight excluding hydrogens is 752 g/mol. The zero-order chi connectivity index (χ0) is 41.0. The molecule has 0 radical (unpaired) electrons. The number of imide groups is 2. The first-order valence-corrected chi connectivity index (χ1v) is 20.9. The quantitative estimate of drug-likeness (QED) is 0.171. The minimum Gasteiger partial charge on any atom is -0.496 e. The van der Waals surface area contributed by atoms with Gasteiger partial charge < -0.3 is 19.1 Å². The van der Waals surface area contributed by atoms with Crippen LogP contribution in [0.3, 0.4) is 0 Å². The van der Waals surface area contributed by atoms with Gasteiger partial charge in [-0.05, 0) is 148 Å². The van der Waals surface area contributed by atoms with Crippen LogP contribution in [0, 0.1) is 24.1 Å². The van der Waals surface area contributed by atoms with E-state index in [2.05, 4.69) is 27.2 Å². The monoisotopic (exact) mass is 802 g/mol. The van der Waals surface area contributed by atoms with Crippen LogP contribution in [-0.4, -0.2) is 97.4 Å². The van der Waals surface area contributed by atoms with Gasteiger partial charge in [0, 0.05) is 24.9 Å². The van der Waals surface area contributed by atoms with Crippen molar-refractivity contribution in [3.8, 4) is 28.4 Å². The number of aryl methyl sites for hydroxylation is 1. The molecule has 1 unspecified atom stereocenters. The second-order valence-corrected chi connectivity index (χ2v) is 17.3. The van der Waals surface area contributed by atoms with Crippen molar-refractivity contribution in [2.24, 2.45) is 11.3 Å². The lowest BCUT2D eigenvalue weighted by molar-refractivity contribution is -0.136. The van der Waals surface area contributed by atoms with Gasteiger partial charge in [-0.1, -0.05) is 24.3 Å². The van der Waals surface area contributed by atoms with Gasteiger partial charge in [-0.15, -0.1) is 0 Å². The molecule has 4 aromatic rings. The minimum atomic E-state index is -0.985. The van der Waals surface area contributed by atoms with Crippen molar-refractivity contribution in [2.45, 2.75) is 77.0 Å². The number of halogens is 1. The summed E-state index contributed by atoms with van der Waals surface area (Å²) < 4.78 is 33.3. The summed E-state index contributed by atoms with van der Waals surface area (Å²) in [6.07, 6.45) is 6.79. The molecule has 0 bridgehead atoms. The van der Waals surface area contributed by atoms with Crippen LogP contribution in [0.4, 0.5) is 4.39 Å². The number of rotatable bonds is 10. The number of fused-ring (bicyclic) bond motifs is 2. The fourth-order valence-electron chi connectivity index (χ4n) is 10.3. The van der Waals surface area contributed by atoms with E-state index in [1.807, 2.05) is 30.3 Å². The topological polar surface area (TPSA) is 118 Å². The molecule has 1 spiro atoms. The highest BCUT2D eigenvalue weighted by atomic mass is 19.1. The first kappa shape index (κ1) is 39.1. The number of hydrogen-bond donors (Lipinski definition) is 1. The van der Waals surface area contributed by atoms with E-state index in [9.17, 15) is 19.2 Å². The van der Waals surface area contributed by atoms with E-state index in [1.165, 1.54) is 0 Å². The average molecular weight is 803 g/mol. The van der Waals surface area contributed by atoms with E-state index in [0.717, 1.165) is 116 Å². The summed E-state index contributed by atoms with van der Waals surface area (Å²) in [7, 11) is 3.40. The summed E-state index contributed by atoms with van der Waals surface area (Å²) in [4.78, 5) is 56.5. The maximum Gasteiger partial charge on any atom is 0.262 e. The van der Waals surface area contributed by atoms with Gasteiger partial charge in [0.25, 0.3) is 11.8 Å². The molecular formula is C47H51FN4O7. The number of nitrogens with one attached hydrogen (secondary N) is 1. The molecule has 308 valence electrons. The van der Waals surface area contributed by atoms with Crippen LogP contribution < -0.4 is 19.5 Å². The smallest absolute Gasteiger partial charge is 0.262 e. The zero-order valence-corrected chi connectivity index (χ0v) is 34.0. The highest BCUT2D eigenvalue weighted by Crippen LogP contribution is 2.51. The van der Waals surface area contributed by atoms with Gasteiger partial charge in [0.15, 0.2) is 0 Å². The summed E-state index contributed by atoms with van der Waals surface area (Å²) >= 11 is 0. The lowest BCUT2D eigenvalue weighted by atomic mass is 9.61. The van der Waals surface area contributed by atoms with E-state index in [0.29, 0.717) is 22.6 Å². The Hall–Kier alpha value is -5.33. The number of piperidine rings is 3. The number of methoxy groups -OCH3 is 2. The van der Waals surface area contributed by atoms with Crippen LogP contribution in [0.5, 0.6) is 17.2 Å². The van der Waals surface area contributed by atoms with E-state index in [4.69, 9.17) is 14.2 Å². The Morgan fingerprint density at radius 2 is 1.46 bits per heavy atom. The standard InChI is InChI=1S/C47H51FN4O7/c1-28-20-36(33-6-4-5-7-34(33)43(28)48)30-21-40(57-2)38(41(22-30)58-3)27-50-16-12-29(13-17-50)26-51-18-14-47(15-19-51)24-32(25-47)59-31-8-9-35-37(23-31)46(56)52(45(35)55)39-10-11-42(53)49-44(39)54/h4-9,20-23,29,32,39H,10-19,24-27H2,1-3H3,(H,49,53,54). The summed E-state index contributed by atoms with van der Waals surface area (Å²) in [5.41, 5.74) is 4.30. The Morgan fingerprint density at radius 1 is 0.780 bits per heavy atom. The Morgan fingerprint density at radius 3 is 2.14 bits per heavy atom. The fourth-order valence-corrected chi connectivity index (χ4v) is 10.3. The largest absolute Gasteiger partial charge is 0.496 e. The van der Waals surface area contributed by atoms with Crippen molar-refractivity contribution in [1.29, 1.82) is 0 Å². The number of carbonyl (C=O) groups is 4. The first-order valence-electron chi connectivity index (χ1n) is 20.9. The third kappa shape index (κ3) is 7.35. The zero-order valence-electron chi connectivity index (χ0n) is 34.0. The molecule has 1 N–H and O–H groups in total. The molecule has 11 nitrogen and oxygen atoms in total. The van der Waals surface area contributed by atoms with Crippen molar-refractivity contribution >= 4 is 34.4 Å². The molecule has 4 amide bonds. The molecule has 4 aromatic carbocycles. The number of benzene rings is 4. The highest BCUT2D eigenvalue weighted by molar-refractivity contribution is 6.23. The predicted octanol–water partition coefficient (Wildman–Crippen LogP) is 6.91. The number of nitrogens with zero attached hydrogens (tertiary/aromatic N) is 3. The van der Waals surface area contributed by atoms with E-state index in [-0.39, 0.29) is 41.3 Å². The van der Waals surface area contributed by atoms with E-state index < -0.39 is 29.7 Å². The van der Waals surface area contributed by atoms with Gasteiger partial charge >= 0.3 is 0 Å². The van der Waals surface area contributed by atoms with Crippen LogP contribution in [0.25, 0.3) is 21.9 Å². The lowest BCUT2D eigenvalue weighted by Gasteiger charge is -2.52. The molecule has 12 heteroatoms. The molecule has 1 atom stereocenters. The van der Waals surface area contributed by atoms with Gasteiger partial charge in [0.2, 0.25) is 11.8 Å². The maximum absolute atomic E-state index is 15.0. The van der Waals surface area contributed by atoms with Gasteiger partial charge in [0.1, 0.15) is 29.1 Å². The average Bonchev–Trinajstić information content (AvgIpc) is 3.47. The molecule has 4 fully saturated rings. The number of amides is 4. The van der Waals surface area contributed by atoms with Crippen molar-refractivity contribution < 1.29 is 37.8 Å². The van der Waals surface area contributed by atoms with Crippen LogP contribution in [0.15, 0.2) is 60.7 Å². The summed E-state index contributed by atoms with van der Waals surface area (Å²) in [6, 6.07) is 17.6. The minimum absolute atomic E-state index is 0.0582. The van der Waals surface area contributed by atoms with Crippen LogP contribution in [-0.2, 0) is 16.1 Å². The van der Waals surface area contributed by atoms with Crippen LogP contribution in [0.2, 0.25) is 0 Å². The van der Waals surface area contributed by atoms with E-state index in [1.54, 1.807) is 39.3 Å². The normalized spacial score (nSPS) is 21.5. The Balaban J connectivity index is 0.751. The maximum atomic E-state index is 15.0. The van der Waals surface area contributed by atoms with Gasteiger partial charge in [-0.25, -0.2) is 4.39 Å². The van der Waals surface area contributed by atoms with Gasteiger partial charge in [-0.2, -0.15) is 0 Å².